The second kappa shape index (κ2) is 25.3. The minimum Gasteiger partial charge on any atom is -0.633 e. The molecule has 432 valence electrons. The predicted octanol–water partition coefficient (Wildman–Crippen LogP) is 1.97. The van der Waals surface area contributed by atoms with Crippen molar-refractivity contribution in [2.75, 3.05) is 145 Å². The van der Waals surface area contributed by atoms with Crippen LogP contribution in [0.1, 0.15) is 60.8 Å². The Morgan fingerprint density at radius 2 is 1.03 bits per heavy atom. The number of benzene rings is 2. The normalized spacial score (nSPS) is 24.3. The van der Waals surface area contributed by atoms with E-state index in [1.807, 2.05) is 0 Å². The zero-order valence-electron chi connectivity index (χ0n) is 46.7. The van der Waals surface area contributed by atoms with Gasteiger partial charge in [0.25, 0.3) is 0 Å². The van der Waals surface area contributed by atoms with Gasteiger partial charge < -0.3 is 43.9 Å². The van der Waals surface area contributed by atoms with Gasteiger partial charge in [-0.2, -0.15) is 8.61 Å². The van der Waals surface area contributed by atoms with Crippen molar-refractivity contribution in [2.45, 2.75) is 100 Å². The summed E-state index contributed by atoms with van der Waals surface area (Å²) in [5.41, 5.74) is 2.01. The van der Waals surface area contributed by atoms with E-state index in [-0.39, 0.29) is 52.2 Å². The Balaban J connectivity index is 0.000000281. The molecule has 22 nitrogen and oxygen atoms in total. The maximum atomic E-state index is 13.5. The van der Waals surface area contributed by atoms with Crippen LogP contribution in [0.3, 0.4) is 0 Å². The average Bonchev–Trinajstić information content (AvgIpc) is 3.99. The largest absolute Gasteiger partial charge is 0.633 e. The first-order valence-electron chi connectivity index (χ1n) is 25.9. The number of ether oxygens (including phenoxy) is 2. The third-order valence-corrected chi connectivity index (χ3v) is 23.3. The summed E-state index contributed by atoms with van der Waals surface area (Å²) in [7, 11) is -3.03. The number of sulfone groups is 2. The molecular weight excluding hydrogens is 1060 g/mol. The Kier molecular flexibility index (Phi) is 21.1. The summed E-state index contributed by atoms with van der Waals surface area (Å²) in [6.45, 7) is 11.2. The molecule has 0 aromatic heterocycles. The highest BCUT2D eigenvalue weighted by Crippen LogP contribution is 2.33. The summed E-state index contributed by atoms with van der Waals surface area (Å²) < 4.78 is 116. The van der Waals surface area contributed by atoms with Gasteiger partial charge in [0.15, 0.2) is 19.7 Å². The fourth-order valence-electron chi connectivity index (χ4n) is 11.0. The molecule has 0 radical (unpaired) electrons. The minimum atomic E-state index is -3.98. The van der Waals surface area contributed by atoms with Crippen LogP contribution in [0.4, 0.5) is 0 Å². The molecule has 3 unspecified atom stereocenters. The van der Waals surface area contributed by atoms with Gasteiger partial charge in [-0.1, -0.05) is 0 Å². The van der Waals surface area contributed by atoms with Gasteiger partial charge in [0.2, 0.25) is 31.9 Å². The molecule has 2 amide bonds. The summed E-state index contributed by atoms with van der Waals surface area (Å²) in [6, 6.07) is 6.42. The number of sulfonamides is 2. The van der Waals surface area contributed by atoms with Gasteiger partial charge in [-0.3, -0.25) is 14.5 Å². The van der Waals surface area contributed by atoms with E-state index < -0.39 is 79.2 Å². The summed E-state index contributed by atoms with van der Waals surface area (Å²) in [4.78, 5) is 33.6. The number of quaternary nitrogens is 2. The van der Waals surface area contributed by atoms with Crippen molar-refractivity contribution < 1.29 is 62.0 Å². The fourth-order valence-corrected chi connectivity index (χ4v) is 16.9. The topological polar surface area (TPSA) is 255 Å². The zero-order chi connectivity index (χ0) is 56.9. The number of carbonyl (C=O) groups is 2. The Bertz CT molecular complexity index is 2790. The van der Waals surface area contributed by atoms with Gasteiger partial charge in [0, 0.05) is 85.7 Å². The van der Waals surface area contributed by atoms with Crippen molar-refractivity contribution in [2.24, 2.45) is 0 Å². The fraction of sp³-hybridized carbons (Fsp3) is 0.720. The first-order valence-corrected chi connectivity index (χ1v) is 32.4. The van der Waals surface area contributed by atoms with E-state index in [9.17, 15) is 53.7 Å². The highest BCUT2D eigenvalue weighted by atomic mass is 32.2. The van der Waals surface area contributed by atoms with E-state index in [0.717, 1.165) is 54.1 Å². The number of amides is 2. The smallest absolute Gasteiger partial charge is 0.243 e. The quantitative estimate of drug-likeness (QED) is 0.136. The molecular formula is C50H84N8O14S4. The van der Waals surface area contributed by atoms with Crippen LogP contribution in [0.25, 0.3) is 0 Å². The first kappa shape index (κ1) is 63.3. The lowest BCUT2D eigenvalue weighted by Crippen LogP contribution is -2.57. The zero-order valence-corrected chi connectivity index (χ0v) is 50.0. The summed E-state index contributed by atoms with van der Waals surface area (Å²) >= 11 is 0. The number of likely N-dealkylation sites (N-methyl/N-ethyl adjacent to an activating group) is 2. The maximum absolute atomic E-state index is 13.5. The molecule has 0 aliphatic carbocycles. The molecule has 4 aliphatic rings. The first-order chi connectivity index (χ1) is 35.2. The third-order valence-electron chi connectivity index (χ3n) is 16.0. The number of nitrogens with zero attached hydrogens (tertiary/aromatic N) is 8. The molecule has 26 heteroatoms. The molecule has 76 heavy (non-hydrogen) atoms. The molecule has 2 aromatic carbocycles. The molecule has 3 atom stereocenters. The molecule has 4 aliphatic heterocycles. The number of hydrogen-bond acceptors (Lipinski definition) is 16. The van der Waals surface area contributed by atoms with E-state index in [0.29, 0.717) is 78.7 Å². The van der Waals surface area contributed by atoms with Crippen LogP contribution < -0.4 is 9.47 Å². The van der Waals surface area contributed by atoms with Gasteiger partial charge in [0.05, 0.1) is 80.8 Å². The highest BCUT2D eigenvalue weighted by Gasteiger charge is 2.44. The van der Waals surface area contributed by atoms with Gasteiger partial charge in [-0.25, -0.2) is 33.7 Å². The monoisotopic (exact) mass is 1150 g/mol. The molecule has 4 heterocycles. The van der Waals surface area contributed by atoms with Gasteiger partial charge >= 0.3 is 0 Å². The lowest BCUT2D eigenvalue weighted by molar-refractivity contribution is -0.924. The lowest BCUT2D eigenvalue weighted by Gasteiger charge is -2.52. The van der Waals surface area contributed by atoms with Crippen molar-refractivity contribution >= 4 is 51.5 Å². The Hall–Kier alpha value is -3.54. The third kappa shape index (κ3) is 15.8. The molecule has 2 aromatic rings. The van der Waals surface area contributed by atoms with Crippen LogP contribution in [-0.2, 0) is 49.3 Å². The van der Waals surface area contributed by atoms with E-state index in [1.54, 1.807) is 71.0 Å². The Morgan fingerprint density at radius 1 is 0.618 bits per heavy atom. The Labute approximate surface area is 453 Å². The predicted molar refractivity (Wildman–Crippen MR) is 292 cm³/mol. The number of aryl methyl sites for hydroxylation is 4. The second-order valence-electron chi connectivity index (χ2n) is 21.8. The number of piperidine rings is 2. The number of methoxy groups -OCH3 is 2. The number of hydroxylamine groups is 6. The van der Waals surface area contributed by atoms with Gasteiger partial charge in [-0.15, -0.1) is 0 Å². The second-order valence-corrected chi connectivity index (χ2v) is 30.1. The van der Waals surface area contributed by atoms with Crippen LogP contribution in [0, 0.1) is 38.1 Å². The lowest BCUT2D eigenvalue weighted by atomic mass is 10.0. The van der Waals surface area contributed by atoms with E-state index >= 15 is 0 Å². The van der Waals surface area contributed by atoms with Crippen LogP contribution in [0.5, 0.6) is 11.5 Å². The van der Waals surface area contributed by atoms with Crippen molar-refractivity contribution in [3.63, 3.8) is 0 Å². The maximum Gasteiger partial charge on any atom is 0.243 e. The summed E-state index contributed by atoms with van der Waals surface area (Å²) in [5.74, 6) is -2.31. The Morgan fingerprint density at radius 3 is 1.43 bits per heavy atom. The molecule has 4 fully saturated rings. The SMILES string of the molecule is COc1cc(C)c(S(=O)(=O)N(C)CCS(=O)(=O)CC(=O)N(C)C2CCN(C3CCN(C)CC3)C2)c(C)c1.COc1cc(C)c(S(=O)(=O)N(C)CCS(=O)(=O)CC(=O)N(C)C2CC[N+]([O-])(C3CC[N+](C)([O-])CC3)C2)c(C)c1. The van der Waals surface area contributed by atoms with Gasteiger partial charge in [0.1, 0.15) is 23.0 Å². The molecule has 0 bridgehead atoms. The molecule has 4 saturated heterocycles. The molecule has 6 rings (SSSR count). The van der Waals surface area contributed by atoms with Crippen molar-refractivity contribution in [3.8, 4) is 11.5 Å². The van der Waals surface area contributed by atoms with Crippen LogP contribution in [0.2, 0.25) is 0 Å². The van der Waals surface area contributed by atoms with Crippen molar-refractivity contribution in [1.29, 1.82) is 0 Å². The summed E-state index contributed by atoms with van der Waals surface area (Å²) in [5, 5.41) is 25.6. The van der Waals surface area contributed by atoms with Crippen molar-refractivity contribution in [3.05, 3.63) is 56.9 Å². The molecule has 0 spiro atoms. The number of carbonyl (C=O) groups excluding carboxylic acids is 2. The van der Waals surface area contributed by atoms with E-state index in [1.165, 1.54) is 40.3 Å². The van der Waals surface area contributed by atoms with E-state index in [2.05, 4.69) is 16.8 Å². The highest BCUT2D eigenvalue weighted by molar-refractivity contribution is 7.92. The van der Waals surface area contributed by atoms with Crippen molar-refractivity contribution in [1.82, 2.24) is 28.2 Å². The number of likely N-dealkylation sites (tertiary alicyclic amines) is 4. The van der Waals surface area contributed by atoms with E-state index in [4.69, 9.17) is 9.47 Å². The van der Waals surface area contributed by atoms with Crippen LogP contribution in [0.15, 0.2) is 34.1 Å². The number of rotatable bonds is 20. The minimum absolute atomic E-state index is 0.00794. The molecule has 0 N–H and O–H groups in total. The van der Waals surface area contributed by atoms with Gasteiger partial charge in [-0.05, 0) is 114 Å². The molecule has 0 saturated carbocycles. The summed E-state index contributed by atoms with van der Waals surface area (Å²) in [6.07, 6.45) is 4.59. The van der Waals surface area contributed by atoms with Crippen LogP contribution in [-0.4, -0.2) is 252 Å². The average molecular weight is 1150 g/mol. The van der Waals surface area contributed by atoms with Crippen LogP contribution >= 0.6 is 0 Å². The standard InChI is InChI=1S/C25H42N4O8S2.C25H42N4O6S2/c1-19-15-23(37-6)16-20(2)25(19)39(35,36)26(3)10-14-38(33,34)18-24(30)27(4)21-7-13-29(32,17-21)22-8-11-28(5,31)12-9-22;1-19-15-23(35-6)16-20(2)25(19)37(33,34)27(4)13-14-36(31,32)18-24(30)28(5)22-9-12-29(17-22)21-7-10-26(3)11-8-21/h15-16,21-22H,7-14,17-18H2,1-6H3;15-16,21-22H,7-14,17-18H2,1-6H3. The number of hydrogen-bond donors (Lipinski definition) is 0.